The Labute approximate surface area is 152 Å². The zero-order chi connectivity index (χ0) is 17.9. The Hall–Kier alpha value is -2.89. The van der Waals surface area contributed by atoms with E-state index in [1.54, 1.807) is 0 Å². The van der Waals surface area contributed by atoms with Crippen LogP contribution in [-0.4, -0.2) is 27.2 Å². The lowest BCUT2D eigenvalue weighted by Gasteiger charge is -2.19. The Morgan fingerprint density at radius 2 is 2.04 bits per heavy atom. The van der Waals surface area contributed by atoms with Crippen LogP contribution >= 0.6 is 0 Å². The number of hydrogen-bond acceptors (Lipinski definition) is 3. The van der Waals surface area contributed by atoms with E-state index in [-0.39, 0.29) is 12.1 Å². The minimum Gasteiger partial charge on any atom is -0.338 e. The first kappa shape index (κ1) is 16.6. The van der Waals surface area contributed by atoms with Gasteiger partial charge in [0.15, 0.2) is 5.65 Å². The van der Waals surface area contributed by atoms with Crippen molar-refractivity contribution in [3.8, 4) is 0 Å². The van der Waals surface area contributed by atoms with E-state index < -0.39 is 0 Å². The number of benzene rings is 1. The third kappa shape index (κ3) is 3.27. The molecule has 26 heavy (non-hydrogen) atoms. The number of carbonyl (C=O) groups is 1. The molecule has 134 valence electrons. The van der Waals surface area contributed by atoms with E-state index in [9.17, 15) is 4.79 Å². The van der Waals surface area contributed by atoms with E-state index in [1.165, 1.54) is 11.1 Å². The van der Waals surface area contributed by atoms with Gasteiger partial charge in [-0.25, -0.2) is 4.79 Å². The summed E-state index contributed by atoms with van der Waals surface area (Å²) in [6.45, 7) is 2.79. The van der Waals surface area contributed by atoms with Crippen molar-refractivity contribution in [2.45, 2.75) is 32.2 Å². The normalized spacial score (nSPS) is 18.7. The van der Waals surface area contributed by atoms with Gasteiger partial charge in [0.25, 0.3) is 0 Å². The summed E-state index contributed by atoms with van der Waals surface area (Å²) in [6, 6.07) is 14.2. The molecule has 2 atom stereocenters. The van der Waals surface area contributed by atoms with E-state index in [1.807, 2.05) is 34.9 Å². The van der Waals surface area contributed by atoms with E-state index in [0.717, 1.165) is 30.7 Å². The fourth-order valence-electron chi connectivity index (χ4n) is 3.72. The van der Waals surface area contributed by atoms with Crippen molar-refractivity contribution >= 4 is 11.7 Å². The number of nitrogens with one attached hydrogen (secondary N) is 2. The number of urea groups is 1. The highest BCUT2D eigenvalue weighted by atomic mass is 16.2. The second-order valence-electron chi connectivity index (χ2n) is 6.91. The molecular weight excluding hydrogens is 326 g/mol. The van der Waals surface area contributed by atoms with E-state index in [4.69, 9.17) is 0 Å². The molecule has 4 rings (SSSR count). The molecule has 1 aliphatic rings. The summed E-state index contributed by atoms with van der Waals surface area (Å²) < 4.78 is 1.98. The molecule has 3 aromatic rings. The highest BCUT2D eigenvalue weighted by Gasteiger charge is 2.29. The highest BCUT2D eigenvalue weighted by Crippen LogP contribution is 2.35. The van der Waals surface area contributed by atoms with Crippen LogP contribution in [-0.2, 0) is 12.8 Å². The maximum Gasteiger partial charge on any atom is 0.315 e. The Kier molecular flexibility index (Phi) is 4.56. The zero-order valence-electron chi connectivity index (χ0n) is 14.9. The number of hydrogen-bond donors (Lipinski definition) is 2. The number of nitrogens with zero attached hydrogens (tertiary/aromatic N) is 3. The molecule has 0 unspecified atom stereocenters. The molecule has 0 aliphatic heterocycles. The first-order valence-electron chi connectivity index (χ1n) is 9.13. The first-order chi connectivity index (χ1) is 12.7. The quantitative estimate of drug-likeness (QED) is 0.696. The van der Waals surface area contributed by atoms with Crippen molar-refractivity contribution in [2.24, 2.45) is 5.92 Å². The molecule has 0 saturated carbocycles. The predicted molar refractivity (Wildman–Crippen MR) is 99.9 cm³/mol. The maximum absolute atomic E-state index is 12.3. The van der Waals surface area contributed by atoms with Crippen LogP contribution in [0.5, 0.6) is 0 Å². The number of fused-ring (bicyclic) bond motifs is 2. The number of aromatic nitrogens is 3. The average molecular weight is 349 g/mol. The van der Waals surface area contributed by atoms with Crippen molar-refractivity contribution in [3.05, 3.63) is 65.6 Å². The van der Waals surface area contributed by atoms with Gasteiger partial charge in [0.2, 0.25) is 0 Å². The van der Waals surface area contributed by atoms with Gasteiger partial charge in [0.05, 0.1) is 6.04 Å². The molecule has 0 saturated heterocycles. The summed E-state index contributed by atoms with van der Waals surface area (Å²) in [5, 5.41) is 14.4. The van der Waals surface area contributed by atoms with Gasteiger partial charge in [0.1, 0.15) is 5.82 Å². The molecule has 0 spiro atoms. The molecule has 2 amide bonds. The van der Waals surface area contributed by atoms with E-state index in [2.05, 4.69) is 46.0 Å². The smallest absolute Gasteiger partial charge is 0.315 e. The number of carbonyl (C=O) groups excluding carboxylic acids is 1. The molecule has 6 nitrogen and oxygen atoms in total. The minimum atomic E-state index is -0.107. The van der Waals surface area contributed by atoms with Crippen LogP contribution in [0.2, 0.25) is 0 Å². The van der Waals surface area contributed by atoms with Crippen LogP contribution in [0, 0.1) is 5.92 Å². The lowest BCUT2D eigenvalue weighted by molar-refractivity contribution is 0.233. The van der Waals surface area contributed by atoms with Gasteiger partial charge < -0.3 is 10.6 Å². The molecule has 0 radical (unpaired) electrons. The van der Waals surface area contributed by atoms with Gasteiger partial charge in [-0.1, -0.05) is 37.3 Å². The molecule has 2 heterocycles. The number of rotatable bonds is 5. The van der Waals surface area contributed by atoms with Crippen molar-refractivity contribution in [1.82, 2.24) is 25.2 Å². The average Bonchev–Trinajstić information content (AvgIpc) is 3.20. The molecule has 2 aromatic heterocycles. The standard InChI is InChI=1S/C20H23N5O/c1-14-13-15-7-2-3-8-16(15)19(14)22-20(26)21-11-6-10-18-24-23-17-9-4-5-12-25(17)18/h2-5,7-9,12,14,19H,6,10-11,13H2,1H3,(H2,21,22,26)/t14-,19-/m1/s1. The van der Waals surface area contributed by atoms with Gasteiger partial charge in [-0.2, -0.15) is 0 Å². The summed E-state index contributed by atoms with van der Waals surface area (Å²) >= 11 is 0. The van der Waals surface area contributed by atoms with E-state index >= 15 is 0 Å². The minimum absolute atomic E-state index is 0.0895. The van der Waals surface area contributed by atoms with Crippen LogP contribution in [0.4, 0.5) is 4.79 Å². The predicted octanol–water partition coefficient (Wildman–Crippen LogP) is 2.89. The molecule has 0 bridgehead atoms. The summed E-state index contributed by atoms with van der Waals surface area (Å²) in [4.78, 5) is 12.3. The SMILES string of the molecule is C[C@@H]1Cc2ccccc2[C@@H]1NC(=O)NCCCc1nnc2ccccn12. The summed E-state index contributed by atoms with van der Waals surface area (Å²) in [6.07, 6.45) is 4.57. The fourth-order valence-corrected chi connectivity index (χ4v) is 3.72. The zero-order valence-corrected chi connectivity index (χ0v) is 14.9. The Bertz CT molecular complexity index is 919. The van der Waals surface area contributed by atoms with Crippen LogP contribution < -0.4 is 10.6 Å². The Balaban J connectivity index is 1.27. The molecule has 0 fully saturated rings. The number of aryl methyl sites for hydroxylation is 1. The lowest BCUT2D eigenvalue weighted by Crippen LogP contribution is -2.39. The topological polar surface area (TPSA) is 71.3 Å². The largest absolute Gasteiger partial charge is 0.338 e. The monoisotopic (exact) mass is 349 g/mol. The van der Waals surface area contributed by atoms with Crippen LogP contribution in [0.1, 0.15) is 36.3 Å². The summed E-state index contributed by atoms with van der Waals surface area (Å²) in [5.74, 6) is 1.33. The van der Waals surface area contributed by atoms with Crippen molar-refractivity contribution in [2.75, 3.05) is 6.54 Å². The molecule has 6 heteroatoms. The summed E-state index contributed by atoms with van der Waals surface area (Å²) in [5.41, 5.74) is 3.43. The van der Waals surface area contributed by atoms with Gasteiger partial charge in [-0.3, -0.25) is 4.40 Å². The third-order valence-corrected chi connectivity index (χ3v) is 5.03. The first-order valence-corrected chi connectivity index (χ1v) is 9.13. The van der Waals surface area contributed by atoms with Crippen LogP contribution in [0.3, 0.4) is 0 Å². The van der Waals surface area contributed by atoms with Crippen LogP contribution in [0.25, 0.3) is 5.65 Å². The Morgan fingerprint density at radius 3 is 2.96 bits per heavy atom. The summed E-state index contributed by atoms with van der Waals surface area (Å²) in [7, 11) is 0. The van der Waals surface area contributed by atoms with Gasteiger partial charge in [-0.15, -0.1) is 10.2 Å². The van der Waals surface area contributed by atoms with Crippen molar-refractivity contribution < 1.29 is 4.79 Å². The number of amides is 2. The Morgan fingerprint density at radius 1 is 1.19 bits per heavy atom. The second-order valence-corrected chi connectivity index (χ2v) is 6.91. The van der Waals surface area contributed by atoms with Crippen molar-refractivity contribution in [1.29, 1.82) is 0 Å². The molecule has 1 aliphatic carbocycles. The van der Waals surface area contributed by atoms with Crippen LogP contribution in [0.15, 0.2) is 48.7 Å². The van der Waals surface area contributed by atoms with Crippen molar-refractivity contribution in [3.63, 3.8) is 0 Å². The highest BCUT2D eigenvalue weighted by molar-refractivity contribution is 5.74. The fraction of sp³-hybridized carbons (Fsp3) is 0.350. The number of pyridine rings is 1. The third-order valence-electron chi connectivity index (χ3n) is 5.03. The maximum atomic E-state index is 12.3. The molecule has 1 aromatic carbocycles. The molecule has 2 N–H and O–H groups in total. The van der Waals surface area contributed by atoms with Gasteiger partial charge >= 0.3 is 6.03 Å². The van der Waals surface area contributed by atoms with Gasteiger partial charge in [0, 0.05) is 19.2 Å². The second kappa shape index (κ2) is 7.15. The van der Waals surface area contributed by atoms with Gasteiger partial charge in [-0.05, 0) is 42.0 Å². The lowest BCUT2D eigenvalue weighted by atomic mass is 10.0. The van der Waals surface area contributed by atoms with E-state index in [0.29, 0.717) is 12.5 Å². The molecular formula is C20H23N5O.